The van der Waals surface area contributed by atoms with E-state index in [0.29, 0.717) is 29.2 Å². The number of anilines is 1. The molecule has 0 saturated carbocycles. The first-order valence-corrected chi connectivity index (χ1v) is 9.03. The lowest BCUT2D eigenvalue weighted by Crippen LogP contribution is -2.46. The summed E-state index contributed by atoms with van der Waals surface area (Å²) in [5.41, 5.74) is 2.03. The van der Waals surface area contributed by atoms with E-state index >= 15 is 0 Å². The van der Waals surface area contributed by atoms with Crippen LogP contribution in [0.4, 0.5) is 5.82 Å². The molecule has 1 aromatic heterocycles. The topological polar surface area (TPSA) is 78.8 Å². The fourth-order valence-electron chi connectivity index (χ4n) is 3.48. The van der Waals surface area contributed by atoms with Gasteiger partial charge in [-0.1, -0.05) is 0 Å². The van der Waals surface area contributed by atoms with Crippen LogP contribution < -0.4 is 9.64 Å². The molecule has 140 valence electrons. The van der Waals surface area contributed by atoms with Crippen molar-refractivity contribution in [2.24, 2.45) is 0 Å². The Morgan fingerprint density at radius 1 is 1.19 bits per heavy atom. The number of phenols is 1. The number of ether oxygens (including phenoxy) is 1. The number of benzene rings is 1. The normalized spacial score (nSPS) is 17.0. The summed E-state index contributed by atoms with van der Waals surface area (Å²) >= 11 is 0. The Balaban J connectivity index is 1.51. The zero-order chi connectivity index (χ0) is 19.0. The van der Waals surface area contributed by atoms with Crippen LogP contribution in [0.1, 0.15) is 29.8 Å². The van der Waals surface area contributed by atoms with Crippen LogP contribution in [0, 0.1) is 0 Å². The highest BCUT2D eigenvalue weighted by Crippen LogP contribution is 2.40. The first kappa shape index (κ1) is 17.5. The number of carbonyl (C=O) groups is 1. The van der Waals surface area contributed by atoms with Crippen molar-refractivity contribution in [2.45, 2.75) is 20.4 Å². The third-order valence-electron chi connectivity index (χ3n) is 4.97. The molecule has 7 nitrogen and oxygen atoms in total. The van der Waals surface area contributed by atoms with Crippen LogP contribution in [-0.4, -0.2) is 51.9 Å². The van der Waals surface area contributed by atoms with Gasteiger partial charge in [0.15, 0.2) is 5.76 Å². The maximum atomic E-state index is 12.5. The first-order chi connectivity index (χ1) is 13.0. The number of piperazine rings is 1. The van der Waals surface area contributed by atoms with Gasteiger partial charge in [-0.25, -0.2) is 4.98 Å². The summed E-state index contributed by atoms with van der Waals surface area (Å²) in [5, 5.41) is 10.4. The Morgan fingerprint density at radius 3 is 2.63 bits per heavy atom. The number of fused-ring (bicyclic) bond motifs is 1. The molecule has 0 bridgehead atoms. The lowest BCUT2D eigenvalue weighted by atomic mass is 10.0. The number of ketones is 1. The summed E-state index contributed by atoms with van der Waals surface area (Å²) in [6.07, 6.45) is 5.13. The molecule has 2 aliphatic heterocycles. The molecule has 0 atom stereocenters. The molecule has 0 aliphatic carbocycles. The third kappa shape index (κ3) is 3.26. The number of nitrogens with zero attached hydrogens (tertiary/aromatic N) is 4. The van der Waals surface area contributed by atoms with E-state index in [1.165, 1.54) is 0 Å². The van der Waals surface area contributed by atoms with Crippen LogP contribution in [0.25, 0.3) is 0 Å². The molecule has 1 fully saturated rings. The molecule has 1 N–H and O–H groups in total. The lowest BCUT2D eigenvalue weighted by Gasteiger charge is -2.35. The molecular formula is C20H22N4O3. The summed E-state index contributed by atoms with van der Waals surface area (Å²) in [6.45, 7) is 7.54. The van der Waals surface area contributed by atoms with E-state index in [2.05, 4.69) is 19.8 Å². The number of phenolic OH excluding ortho intramolecular Hbond substituents is 1. The highest BCUT2D eigenvalue weighted by molar-refractivity contribution is 6.13. The van der Waals surface area contributed by atoms with Crippen molar-refractivity contribution in [1.29, 1.82) is 0 Å². The standard InChI is InChI=1S/C20H22N4O3/c1-13(2)19-18(26)14-3-4-16(25)15(20(14)27-19)12-23-7-9-24(10-8-23)17-11-21-5-6-22-17/h3-6,11,25H,7-10,12H2,1-2H3. The first-order valence-electron chi connectivity index (χ1n) is 9.03. The fraction of sp³-hybridized carbons (Fsp3) is 0.350. The second-order valence-electron chi connectivity index (χ2n) is 7.03. The van der Waals surface area contributed by atoms with Crippen molar-refractivity contribution in [1.82, 2.24) is 14.9 Å². The van der Waals surface area contributed by atoms with Crippen LogP contribution in [0.5, 0.6) is 11.5 Å². The largest absolute Gasteiger partial charge is 0.507 e. The molecule has 0 spiro atoms. The van der Waals surface area contributed by atoms with Crippen molar-refractivity contribution in [3.8, 4) is 11.5 Å². The molecule has 1 aromatic carbocycles. The average molecular weight is 366 g/mol. The number of Topliss-reactive ketones (excluding diaryl/α,β-unsaturated/α-hetero) is 1. The van der Waals surface area contributed by atoms with Gasteiger partial charge in [0.25, 0.3) is 0 Å². The summed E-state index contributed by atoms with van der Waals surface area (Å²) in [7, 11) is 0. The average Bonchev–Trinajstić information content (AvgIpc) is 3.02. The summed E-state index contributed by atoms with van der Waals surface area (Å²) in [5.74, 6) is 1.78. The summed E-state index contributed by atoms with van der Waals surface area (Å²) in [6, 6.07) is 3.22. The van der Waals surface area contributed by atoms with Crippen LogP contribution in [0.15, 0.2) is 42.1 Å². The molecule has 0 unspecified atom stereocenters. The monoisotopic (exact) mass is 366 g/mol. The zero-order valence-electron chi connectivity index (χ0n) is 15.5. The minimum atomic E-state index is -0.112. The molecule has 7 heteroatoms. The van der Waals surface area contributed by atoms with E-state index < -0.39 is 0 Å². The predicted octanol–water partition coefficient (Wildman–Crippen LogP) is 2.37. The minimum absolute atomic E-state index is 0.112. The van der Waals surface area contributed by atoms with Gasteiger partial charge in [0.05, 0.1) is 17.3 Å². The second-order valence-corrected chi connectivity index (χ2v) is 7.03. The molecule has 3 heterocycles. The van der Waals surface area contributed by atoms with Crippen LogP contribution in [0.2, 0.25) is 0 Å². The molecule has 2 aliphatic rings. The molecule has 27 heavy (non-hydrogen) atoms. The van der Waals surface area contributed by atoms with Crippen LogP contribution >= 0.6 is 0 Å². The number of aromatic hydroxyl groups is 1. The van der Waals surface area contributed by atoms with E-state index in [1.54, 1.807) is 30.7 Å². The maximum Gasteiger partial charge on any atom is 0.231 e. The van der Waals surface area contributed by atoms with Crippen molar-refractivity contribution in [3.63, 3.8) is 0 Å². The SMILES string of the molecule is CC(C)=C1Oc2c(ccc(O)c2CN2CCN(c3cnccn3)CC2)C1=O. The second kappa shape index (κ2) is 7.00. The number of allylic oxidation sites excluding steroid dienone is 2. The molecular weight excluding hydrogens is 344 g/mol. The Morgan fingerprint density at radius 2 is 1.96 bits per heavy atom. The van der Waals surface area contributed by atoms with Crippen molar-refractivity contribution in [3.05, 3.63) is 53.2 Å². The van der Waals surface area contributed by atoms with Gasteiger partial charge >= 0.3 is 0 Å². The maximum absolute atomic E-state index is 12.5. The number of carbonyl (C=O) groups excluding carboxylic acids is 1. The summed E-state index contributed by atoms with van der Waals surface area (Å²) in [4.78, 5) is 25.4. The Hall–Kier alpha value is -2.93. The number of aromatic nitrogens is 2. The molecule has 1 saturated heterocycles. The molecule has 4 rings (SSSR count). The van der Waals surface area contributed by atoms with Crippen molar-refractivity contribution in [2.75, 3.05) is 31.1 Å². The van der Waals surface area contributed by atoms with Gasteiger partial charge < -0.3 is 14.7 Å². The molecule has 0 amide bonds. The number of hydrogen-bond acceptors (Lipinski definition) is 7. The van der Waals surface area contributed by atoms with Gasteiger partial charge in [-0.05, 0) is 31.6 Å². The van der Waals surface area contributed by atoms with Gasteiger partial charge in [-0.3, -0.25) is 14.7 Å². The van der Waals surface area contributed by atoms with Gasteiger partial charge in [0.1, 0.15) is 17.3 Å². The zero-order valence-corrected chi connectivity index (χ0v) is 15.5. The lowest BCUT2D eigenvalue weighted by molar-refractivity contribution is 0.101. The molecule has 2 aromatic rings. The van der Waals surface area contributed by atoms with Crippen molar-refractivity contribution >= 4 is 11.6 Å². The quantitative estimate of drug-likeness (QED) is 0.836. The Bertz CT molecular complexity index is 899. The highest BCUT2D eigenvalue weighted by Gasteiger charge is 2.32. The van der Waals surface area contributed by atoms with E-state index in [-0.39, 0.29) is 11.5 Å². The van der Waals surface area contributed by atoms with E-state index in [4.69, 9.17) is 4.74 Å². The third-order valence-corrected chi connectivity index (χ3v) is 4.97. The predicted molar refractivity (Wildman–Crippen MR) is 101 cm³/mol. The van der Waals surface area contributed by atoms with Gasteiger partial charge in [-0.15, -0.1) is 0 Å². The minimum Gasteiger partial charge on any atom is -0.507 e. The van der Waals surface area contributed by atoms with E-state index in [9.17, 15) is 9.90 Å². The molecule has 0 radical (unpaired) electrons. The van der Waals surface area contributed by atoms with Crippen LogP contribution in [-0.2, 0) is 6.54 Å². The summed E-state index contributed by atoms with van der Waals surface area (Å²) < 4.78 is 5.84. The Kier molecular flexibility index (Phi) is 4.53. The highest BCUT2D eigenvalue weighted by atomic mass is 16.5. The smallest absolute Gasteiger partial charge is 0.231 e. The number of rotatable bonds is 3. The fourth-order valence-corrected chi connectivity index (χ4v) is 3.48. The van der Waals surface area contributed by atoms with E-state index in [0.717, 1.165) is 37.6 Å². The van der Waals surface area contributed by atoms with Gasteiger partial charge in [-0.2, -0.15) is 0 Å². The van der Waals surface area contributed by atoms with E-state index in [1.807, 2.05) is 13.8 Å². The van der Waals surface area contributed by atoms with Crippen molar-refractivity contribution < 1.29 is 14.6 Å². The van der Waals surface area contributed by atoms with Gasteiger partial charge in [0.2, 0.25) is 5.78 Å². The number of hydrogen-bond donors (Lipinski definition) is 1. The van der Waals surface area contributed by atoms with Gasteiger partial charge in [0, 0.05) is 45.1 Å². The van der Waals surface area contributed by atoms with Crippen LogP contribution in [0.3, 0.4) is 0 Å². The Labute approximate surface area is 157 Å².